The Hall–Kier alpha value is -3.32. The molecule has 7 heteroatoms. The number of likely N-dealkylation sites (N-methyl/N-ethyl adjacent to an activating group) is 1. The van der Waals surface area contributed by atoms with E-state index in [0.717, 1.165) is 49.4 Å². The first-order valence-corrected chi connectivity index (χ1v) is 10.1. The van der Waals surface area contributed by atoms with Crippen molar-refractivity contribution < 1.29 is 4.79 Å². The molecule has 1 saturated heterocycles. The second kappa shape index (κ2) is 8.59. The van der Waals surface area contributed by atoms with Crippen LogP contribution in [0.4, 0.5) is 5.82 Å². The standard InChI is InChI=1S/C23H26N6O/c1-16-4-5-19(14-25-16)21-22(24)26-15-20(27-21)17-6-8-18(9-7-17)23(30)29-11-3-10-28(2)12-13-29/h4-9,14-15H,3,10-13H2,1-2H3,(H2,24,26). The lowest BCUT2D eigenvalue weighted by molar-refractivity contribution is 0.0763. The predicted octanol–water partition coefficient (Wildman–Crippen LogP) is 2.87. The van der Waals surface area contributed by atoms with Gasteiger partial charge in [-0.25, -0.2) is 9.97 Å². The van der Waals surface area contributed by atoms with Crippen LogP contribution in [0, 0.1) is 6.92 Å². The van der Waals surface area contributed by atoms with E-state index < -0.39 is 0 Å². The number of nitrogens with two attached hydrogens (primary N) is 1. The number of anilines is 1. The lowest BCUT2D eigenvalue weighted by Crippen LogP contribution is -2.34. The van der Waals surface area contributed by atoms with Crippen LogP contribution in [0.15, 0.2) is 48.8 Å². The number of pyridine rings is 1. The number of amides is 1. The maximum absolute atomic E-state index is 12.9. The van der Waals surface area contributed by atoms with Crippen molar-refractivity contribution in [2.45, 2.75) is 13.3 Å². The maximum Gasteiger partial charge on any atom is 0.253 e. The number of benzene rings is 1. The summed E-state index contributed by atoms with van der Waals surface area (Å²) >= 11 is 0. The molecule has 4 rings (SSSR count). The number of hydrogen-bond acceptors (Lipinski definition) is 6. The molecule has 1 amide bonds. The zero-order valence-electron chi connectivity index (χ0n) is 17.4. The third kappa shape index (κ3) is 4.31. The Morgan fingerprint density at radius 2 is 1.70 bits per heavy atom. The third-order valence-corrected chi connectivity index (χ3v) is 5.42. The van der Waals surface area contributed by atoms with Gasteiger partial charge in [0.15, 0.2) is 0 Å². The molecule has 1 fully saturated rings. The minimum atomic E-state index is 0.0756. The van der Waals surface area contributed by atoms with E-state index in [9.17, 15) is 4.79 Å². The zero-order valence-corrected chi connectivity index (χ0v) is 17.4. The molecule has 0 unspecified atom stereocenters. The Bertz CT molecular complexity index is 1030. The first-order valence-electron chi connectivity index (χ1n) is 10.1. The second-order valence-electron chi connectivity index (χ2n) is 7.70. The van der Waals surface area contributed by atoms with Gasteiger partial charge >= 0.3 is 0 Å². The summed E-state index contributed by atoms with van der Waals surface area (Å²) in [5, 5.41) is 0. The van der Waals surface area contributed by atoms with Crippen LogP contribution in [0.2, 0.25) is 0 Å². The number of hydrogen-bond donors (Lipinski definition) is 1. The van der Waals surface area contributed by atoms with E-state index in [-0.39, 0.29) is 5.91 Å². The summed E-state index contributed by atoms with van der Waals surface area (Å²) in [6, 6.07) is 11.4. The quantitative estimate of drug-likeness (QED) is 0.725. The first kappa shape index (κ1) is 20.0. The van der Waals surface area contributed by atoms with Crippen molar-refractivity contribution >= 4 is 11.7 Å². The Balaban J connectivity index is 1.56. The van der Waals surface area contributed by atoms with Crippen molar-refractivity contribution in [3.8, 4) is 22.5 Å². The molecular formula is C23H26N6O. The average Bonchev–Trinajstić information content (AvgIpc) is 2.99. The summed E-state index contributed by atoms with van der Waals surface area (Å²) in [6.45, 7) is 5.41. The van der Waals surface area contributed by atoms with Gasteiger partial charge in [0, 0.05) is 48.2 Å². The number of nitrogen functional groups attached to an aromatic ring is 1. The first-order chi connectivity index (χ1) is 14.5. The van der Waals surface area contributed by atoms with Crippen LogP contribution in [0.3, 0.4) is 0 Å². The fraction of sp³-hybridized carbons (Fsp3) is 0.304. The fourth-order valence-electron chi connectivity index (χ4n) is 3.57. The zero-order chi connectivity index (χ0) is 21.1. The van der Waals surface area contributed by atoms with E-state index in [1.807, 2.05) is 48.2 Å². The van der Waals surface area contributed by atoms with Gasteiger partial charge in [-0.15, -0.1) is 0 Å². The largest absolute Gasteiger partial charge is 0.382 e. The summed E-state index contributed by atoms with van der Waals surface area (Å²) in [5.74, 6) is 0.439. The molecule has 3 aromatic rings. The molecule has 0 spiro atoms. The van der Waals surface area contributed by atoms with Gasteiger partial charge in [-0.05, 0) is 51.2 Å². The smallest absolute Gasteiger partial charge is 0.253 e. The SMILES string of the molecule is Cc1ccc(-c2nc(-c3ccc(C(=O)N4CCCN(C)CC4)cc3)cnc2N)cn1. The van der Waals surface area contributed by atoms with E-state index in [2.05, 4.69) is 21.9 Å². The maximum atomic E-state index is 12.9. The highest BCUT2D eigenvalue weighted by Crippen LogP contribution is 2.26. The van der Waals surface area contributed by atoms with Crippen molar-refractivity contribution in [1.29, 1.82) is 0 Å². The Morgan fingerprint density at radius 3 is 2.43 bits per heavy atom. The van der Waals surface area contributed by atoms with Gasteiger partial charge in [-0.3, -0.25) is 9.78 Å². The van der Waals surface area contributed by atoms with Gasteiger partial charge in [0.05, 0.1) is 11.9 Å². The molecule has 30 heavy (non-hydrogen) atoms. The van der Waals surface area contributed by atoms with Crippen LogP contribution in [0.25, 0.3) is 22.5 Å². The minimum Gasteiger partial charge on any atom is -0.382 e. The predicted molar refractivity (Wildman–Crippen MR) is 118 cm³/mol. The van der Waals surface area contributed by atoms with Gasteiger partial charge in [-0.2, -0.15) is 0 Å². The molecule has 154 valence electrons. The number of aryl methyl sites for hydroxylation is 1. The summed E-state index contributed by atoms with van der Waals surface area (Å²) < 4.78 is 0. The summed E-state index contributed by atoms with van der Waals surface area (Å²) in [5.41, 5.74) is 10.7. The van der Waals surface area contributed by atoms with Crippen molar-refractivity contribution in [1.82, 2.24) is 24.8 Å². The topological polar surface area (TPSA) is 88.2 Å². The lowest BCUT2D eigenvalue weighted by Gasteiger charge is -2.20. The van der Waals surface area contributed by atoms with Crippen molar-refractivity contribution in [3.63, 3.8) is 0 Å². The molecule has 1 aromatic carbocycles. The Labute approximate surface area is 176 Å². The van der Waals surface area contributed by atoms with E-state index in [1.165, 1.54) is 0 Å². The monoisotopic (exact) mass is 402 g/mol. The number of aromatic nitrogens is 3. The molecule has 0 radical (unpaired) electrons. The fourth-order valence-corrected chi connectivity index (χ4v) is 3.57. The minimum absolute atomic E-state index is 0.0756. The summed E-state index contributed by atoms with van der Waals surface area (Å²) in [6.07, 6.45) is 4.40. The van der Waals surface area contributed by atoms with Crippen LogP contribution in [0.5, 0.6) is 0 Å². The number of carbonyl (C=O) groups excluding carboxylic acids is 1. The van der Waals surface area contributed by atoms with Crippen LogP contribution in [-0.2, 0) is 0 Å². The molecule has 1 aliphatic rings. The van der Waals surface area contributed by atoms with Gasteiger partial charge < -0.3 is 15.5 Å². The molecule has 0 atom stereocenters. The number of rotatable bonds is 3. The van der Waals surface area contributed by atoms with Gasteiger partial charge in [0.1, 0.15) is 11.5 Å². The Morgan fingerprint density at radius 1 is 0.933 bits per heavy atom. The van der Waals surface area contributed by atoms with Crippen LogP contribution < -0.4 is 5.73 Å². The van der Waals surface area contributed by atoms with Crippen molar-refractivity contribution in [2.75, 3.05) is 39.0 Å². The molecule has 0 saturated carbocycles. The second-order valence-corrected chi connectivity index (χ2v) is 7.70. The molecule has 0 bridgehead atoms. The Kier molecular flexibility index (Phi) is 5.72. The molecule has 3 heterocycles. The number of nitrogens with zero attached hydrogens (tertiary/aromatic N) is 5. The van der Waals surface area contributed by atoms with E-state index in [4.69, 9.17) is 10.7 Å². The summed E-state index contributed by atoms with van der Waals surface area (Å²) in [4.78, 5) is 30.4. The third-order valence-electron chi connectivity index (χ3n) is 5.42. The van der Waals surface area contributed by atoms with Crippen LogP contribution >= 0.6 is 0 Å². The van der Waals surface area contributed by atoms with E-state index >= 15 is 0 Å². The van der Waals surface area contributed by atoms with Gasteiger partial charge in [0.2, 0.25) is 0 Å². The van der Waals surface area contributed by atoms with E-state index in [1.54, 1.807) is 12.4 Å². The van der Waals surface area contributed by atoms with Crippen LogP contribution in [-0.4, -0.2) is 63.9 Å². The van der Waals surface area contributed by atoms with Crippen molar-refractivity contribution in [3.05, 3.63) is 60.0 Å². The highest BCUT2D eigenvalue weighted by Gasteiger charge is 2.19. The molecule has 1 aliphatic heterocycles. The van der Waals surface area contributed by atoms with Crippen molar-refractivity contribution in [2.24, 2.45) is 0 Å². The summed E-state index contributed by atoms with van der Waals surface area (Å²) in [7, 11) is 2.09. The molecule has 2 N–H and O–H groups in total. The van der Waals surface area contributed by atoms with Gasteiger partial charge in [0.25, 0.3) is 5.91 Å². The van der Waals surface area contributed by atoms with Crippen LogP contribution in [0.1, 0.15) is 22.5 Å². The highest BCUT2D eigenvalue weighted by molar-refractivity contribution is 5.94. The average molecular weight is 403 g/mol. The van der Waals surface area contributed by atoms with E-state index in [0.29, 0.717) is 22.8 Å². The molecule has 7 nitrogen and oxygen atoms in total. The number of carbonyl (C=O) groups is 1. The highest BCUT2D eigenvalue weighted by atomic mass is 16.2. The molecule has 2 aromatic heterocycles. The normalized spacial score (nSPS) is 15.1. The van der Waals surface area contributed by atoms with Gasteiger partial charge in [-0.1, -0.05) is 12.1 Å². The molecular weight excluding hydrogens is 376 g/mol. The lowest BCUT2D eigenvalue weighted by atomic mass is 10.1. The molecule has 0 aliphatic carbocycles.